The van der Waals surface area contributed by atoms with Crippen LogP contribution in [0.15, 0.2) is 18.2 Å². The van der Waals surface area contributed by atoms with E-state index in [-0.39, 0.29) is 0 Å². The molecule has 1 fully saturated rings. The molecule has 1 saturated carbocycles. The smallest absolute Gasteiger partial charge is 0.119 e. The summed E-state index contributed by atoms with van der Waals surface area (Å²) in [6.07, 6.45) is 7.46. The molecular formula is C17H25NO. The molecule has 0 aliphatic heterocycles. The Bertz CT molecular complexity index is 466. The summed E-state index contributed by atoms with van der Waals surface area (Å²) in [6.45, 7) is 4.78. The molecule has 104 valence electrons. The average Bonchev–Trinajstić information content (AvgIpc) is 2.77. The molecule has 1 aromatic carbocycles. The van der Waals surface area contributed by atoms with Crippen molar-refractivity contribution in [2.75, 3.05) is 0 Å². The fourth-order valence-electron chi connectivity index (χ4n) is 3.85. The van der Waals surface area contributed by atoms with Gasteiger partial charge in [0.1, 0.15) is 5.75 Å². The lowest BCUT2D eigenvalue weighted by Gasteiger charge is -2.41. The van der Waals surface area contributed by atoms with Gasteiger partial charge in [0.25, 0.3) is 0 Å². The first-order chi connectivity index (χ1) is 9.08. The van der Waals surface area contributed by atoms with Gasteiger partial charge in [0, 0.05) is 12.1 Å². The largest absolute Gasteiger partial charge is 0.508 e. The Hall–Kier alpha value is -1.02. The highest BCUT2D eigenvalue weighted by Crippen LogP contribution is 2.41. The van der Waals surface area contributed by atoms with Gasteiger partial charge in [-0.2, -0.15) is 0 Å². The van der Waals surface area contributed by atoms with E-state index in [4.69, 9.17) is 0 Å². The first-order valence-electron chi connectivity index (χ1n) is 7.65. The highest BCUT2D eigenvalue weighted by Gasteiger charge is 2.35. The van der Waals surface area contributed by atoms with Crippen molar-refractivity contribution >= 4 is 0 Å². The third-order valence-corrected chi connectivity index (χ3v) is 5.16. The molecule has 19 heavy (non-hydrogen) atoms. The lowest BCUT2D eigenvalue weighted by atomic mass is 9.73. The fraction of sp³-hybridized carbons (Fsp3) is 0.647. The van der Waals surface area contributed by atoms with Crippen LogP contribution in [0.4, 0.5) is 0 Å². The molecular weight excluding hydrogens is 234 g/mol. The maximum absolute atomic E-state index is 9.93. The second kappa shape index (κ2) is 4.82. The highest BCUT2D eigenvalue weighted by atomic mass is 16.3. The SMILES string of the molecule is CC1(C)CCCCC1NC1CCc2c(O)cccc21. The summed E-state index contributed by atoms with van der Waals surface area (Å²) >= 11 is 0. The van der Waals surface area contributed by atoms with Crippen molar-refractivity contribution in [3.8, 4) is 5.75 Å². The number of benzene rings is 1. The number of nitrogens with one attached hydrogen (secondary N) is 1. The van der Waals surface area contributed by atoms with Crippen LogP contribution in [-0.2, 0) is 6.42 Å². The normalized spacial score (nSPS) is 29.2. The molecule has 2 heteroatoms. The minimum absolute atomic E-state index is 0.401. The molecule has 2 unspecified atom stereocenters. The van der Waals surface area contributed by atoms with Crippen LogP contribution in [-0.4, -0.2) is 11.1 Å². The van der Waals surface area contributed by atoms with E-state index in [0.29, 0.717) is 23.2 Å². The zero-order chi connectivity index (χ0) is 13.5. The Morgan fingerprint density at radius 2 is 2.05 bits per heavy atom. The molecule has 2 atom stereocenters. The molecule has 2 aliphatic rings. The molecule has 2 nitrogen and oxygen atoms in total. The molecule has 0 aromatic heterocycles. The standard InChI is InChI=1S/C17H25NO/c1-17(2)11-4-3-8-16(17)18-14-10-9-13-12(14)6-5-7-15(13)19/h5-7,14,16,18-19H,3-4,8-11H2,1-2H3. The van der Waals surface area contributed by atoms with Gasteiger partial charge in [0.15, 0.2) is 0 Å². The summed E-state index contributed by atoms with van der Waals surface area (Å²) in [4.78, 5) is 0. The molecule has 0 amide bonds. The van der Waals surface area contributed by atoms with Crippen molar-refractivity contribution in [1.82, 2.24) is 5.32 Å². The summed E-state index contributed by atoms with van der Waals surface area (Å²) in [5.74, 6) is 0.477. The second-order valence-corrected chi connectivity index (χ2v) is 6.89. The van der Waals surface area contributed by atoms with Gasteiger partial charge in [0.2, 0.25) is 0 Å². The van der Waals surface area contributed by atoms with Crippen LogP contribution >= 0.6 is 0 Å². The first kappa shape index (κ1) is 13.0. The van der Waals surface area contributed by atoms with Crippen molar-refractivity contribution in [3.05, 3.63) is 29.3 Å². The number of hydrogen-bond donors (Lipinski definition) is 2. The van der Waals surface area contributed by atoms with Gasteiger partial charge in [0.05, 0.1) is 0 Å². The maximum atomic E-state index is 9.93. The number of hydrogen-bond acceptors (Lipinski definition) is 2. The predicted octanol–water partition coefficient (Wildman–Crippen LogP) is 3.94. The van der Waals surface area contributed by atoms with Crippen molar-refractivity contribution in [3.63, 3.8) is 0 Å². The first-order valence-corrected chi connectivity index (χ1v) is 7.65. The molecule has 1 aromatic rings. The molecule has 0 spiro atoms. The Kier molecular flexibility index (Phi) is 3.30. The van der Waals surface area contributed by atoms with Crippen LogP contribution in [0.3, 0.4) is 0 Å². The van der Waals surface area contributed by atoms with Gasteiger partial charge >= 0.3 is 0 Å². The summed E-state index contributed by atoms with van der Waals surface area (Å²) < 4.78 is 0. The van der Waals surface area contributed by atoms with Gasteiger partial charge < -0.3 is 10.4 Å². The van der Waals surface area contributed by atoms with E-state index in [0.717, 1.165) is 18.4 Å². The number of phenols is 1. The van der Waals surface area contributed by atoms with E-state index in [1.807, 2.05) is 12.1 Å². The lowest BCUT2D eigenvalue weighted by molar-refractivity contribution is 0.155. The number of fused-ring (bicyclic) bond motifs is 1. The zero-order valence-electron chi connectivity index (χ0n) is 12.1. The van der Waals surface area contributed by atoms with Crippen molar-refractivity contribution < 1.29 is 5.11 Å². The molecule has 0 heterocycles. The number of aromatic hydroxyl groups is 1. The van der Waals surface area contributed by atoms with Gasteiger partial charge in [-0.15, -0.1) is 0 Å². The third-order valence-electron chi connectivity index (χ3n) is 5.16. The van der Waals surface area contributed by atoms with Gasteiger partial charge in [-0.1, -0.05) is 38.8 Å². The molecule has 0 radical (unpaired) electrons. The highest BCUT2D eigenvalue weighted by molar-refractivity contribution is 5.44. The molecule has 0 saturated heterocycles. The summed E-state index contributed by atoms with van der Waals surface area (Å²) in [5.41, 5.74) is 2.88. The molecule has 2 N–H and O–H groups in total. The van der Waals surface area contributed by atoms with E-state index in [2.05, 4.69) is 25.2 Å². The van der Waals surface area contributed by atoms with Crippen LogP contribution < -0.4 is 5.32 Å². The Labute approximate surface area is 116 Å². The second-order valence-electron chi connectivity index (χ2n) is 6.89. The Morgan fingerprint density at radius 3 is 2.84 bits per heavy atom. The fourth-order valence-corrected chi connectivity index (χ4v) is 3.85. The van der Waals surface area contributed by atoms with E-state index >= 15 is 0 Å². The van der Waals surface area contributed by atoms with Gasteiger partial charge in [-0.3, -0.25) is 0 Å². The summed E-state index contributed by atoms with van der Waals surface area (Å²) in [5, 5.41) is 13.8. The minimum Gasteiger partial charge on any atom is -0.508 e. The van der Waals surface area contributed by atoms with Crippen LogP contribution in [0.1, 0.15) is 63.1 Å². The van der Waals surface area contributed by atoms with Crippen molar-refractivity contribution in [2.24, 2.45) is 5.41 Å². The van der Waals surface area contributed by atoms with Crippen LogP contribution in [0, 0.1) is 5.41 Å². The summed E-state index contributed by atoms with van der Waals surface area (Å²) in [7, 11) is 0. The van der Waals surface area contributed by atoms with Crippen LogP contribution in [0.2, 0.25) is 0 Å². The Balaban J connectivity index is 1.78. The zero-order valence-corrected chi connectivity index (χ0v) is 12.1. The van der Waals surface area contributed by atoms with E-state index in [1.54, 1.807) is 0 Å². The topological polar surface area (TPSA) is 32.3 Å². The van der Waals surface area contributed by atoms with Crippen LogP contribution in [0.25, 0.3) is 0 Å². The van der Waals surface area contributed by atoms with Gasteiger partial charge in [-0.05, 0) is 48.3 Å². The van der Waals surface area contributed by atoms with Crippen molar-refractivity contribution in [2.45, 2.75) is 64.5 Å². The van der Waals surface area contributed by atoms with E-state index < -0.39 is 0 Å². The van der Waals surface area contributed by atoms with Crippen molar-refractivity contribution in [1.29, 1.82) is 0 Å². The Morgan fingerprint density at radius 1 is 1.21 bits per heavy atom. The average molecular weight is 259 g/mol. The molecule has 2 aliphatic carbocycles. The summed E-state index contributed by atoms with van der Waals surface area (Å²) in [6, 6.07) is 7.01. The van der Waals surface area contributed by atoms with Crippen LogP contribution in [0.5, 0.6) is 5.75 Å². The molecule has 0 bridgehead atoms. The monoisotopic (exact) mass is 259 g/mol. The van der Waals surface area contributed by atoms with E-state index in [1.165, 1.54) is 31.2 Å². The van der Waals surface area contributed by atoms with E-state index in [9.17, 15) is 5.11 Å². The van der Waals surface area contributed by atoms with Gasteiger partial charge in [-0.25, -0.2) is 0 Å². The predicted molar refractivity (Wildman–Crippen MR) is 78.3 cm³/mol. The lowest BCUT2D eigenvalue weighted by Crippen LogP contribution is -2.45. The third kappa shape index (κ3) is 2.38. The molecule has 3 rings (SSSR count). The number of rotatable bonds is 2. The maximum Gasteiger partial charge on any atom is 0.119 e. The quantitative estimate of drug-likeness (QED) is 0.843. The minimum atomic E-state index is 0.401. The number of phenolic OH excluding ortho intramolecular Hbond substituents is 1.